The molecule has 0 fully saturated rings. The van der Waals surface area contributed by atoms with Gasteiger partial charge in [0.15, 0.2) is 0 Å². The molecule has 0 heterocycles. The molecule has 0 aliphatic rings. The Morgan fingerprint density at radius 1 is 1.20 bits per heavy atom. The maximum absolute atomic E-state index is 8.39. The third kappa shape index (κ3) is 22.4. The number of likely N-dealkylation sites (N-methyl/N-ethyl adjacent to an activating group) is 1. The van der Waals surface area contributed by atoms with Crippen LogP contribution >= 0.6 is 0 Å². The molecule has 52 valence electrons. The van der Waals surface area contributed by atoms with Crippen LogP contribution in [0.4, 0.5) is 0 Å². The summed E-state index contributed by atoms with van der Waals surface area (Å²) < 4.78 is 0.844. The largest absolute Gasteiger partial charge is 1.00 e. The predicted octanol–water partition coefficient (Wildman–Crippen LogP) is -6.15. The smallest absolute Gasteiger partial charge is 0.391 e. The van der Waals surface area contributed by atoms with Crippen LogP contribution in [0.15, 0.2) is 0 Å². The maximum Gasteiger partial charge on any atom is 1.00 e. The van der Waals surface area contributed by atoms with Crippen molar-refractivity contribution in [2.24, 2.45) is 0 Å². The van der Waals surface area contributed by atoms with Crippen molar-refractivity contribution in [1.29, 1.82) is 0 Å². The van der Waals surface area contributed by atoms with Crippen molar-refractivity contribution >= 4 is 0 Å². The van der Waals surface area contributed by atoms with Crippen LogP contribution in [-0.2, 0) is 0 Å². The van der Waals surface area contributed by atoms with Crippen LogP contribution in [0.2, 0.25) is 0 Å². The molecule has 0 spiro atoms. The molecule has 0 aromatic rings. The zero-order valence-electron chi connectivity index (χ0n) is 8.02. The fourth-order valence-electron chi connectivity index (χ4n) is 0.300. The number of aliphatic hydroxyl groups is 1. The van der Waals surface area contributed by atoms with Gasteiger partial charge in [0.05, 0.1) is 27.7 Å². The van der Waals surface area contributed by atoms with Crippen LogP contribution in [0, 0.1) is 0 Å². The SMILES string of the molecule is C[N+](C)(C)CCO.N.[K+].[Na+]. The van der Waals surface area contributed by atoms with Gasteiger partial charge in [-0.2, -0.15) is 0 Å². The molecule has 0 atom stereocenters. The fraction of sp³-hybridized carbons (Fsp3) is 1.00. The average Bonchev–Trinajstić information content (AvgIpc) is 1.30. The first-order valence-corrected chi connectivity index (χ1v) is 2.47. The first kappa shape index (κ1) is 22.9. The minimum absolute atomic E-state index is 0. The summed E-state index contributed by atoms with van der Waals surface area (Å²) in [4.78, 5) is 0. The maximum atomic E-state index is 8.39. The fourth-order valence-corrected chi connectivity index (χ4v) is 0.300. The minimum atomic E-state index is 0. The van der Waals surface area contributed by atoms with E-state index in [0.29, 0.717) is 0 Å². The van der Waals surface area contributed by atoms with Gasteiger partial charge in [0.2, 0.25) is 0 Å². The van der Waals surface area contributed by atoms with Gasteiger partial charge >= 0.3 is 80.9 Å². The third-order valence-electron chi connectivity index (χ3n) is 0.771. The molecular formula is C5H17KN2NaO+3. The summed E-state index contributed by atoms with van der Waals surface area (Å²) in [5, 5.41) is 8.39. The Morgan fingerprint density at radius 2 is 1.50 bits per heavy atom. The standard InChI is InChI=1S/C5H14NO.K.H3N.Na/c1-6(2,3)4-5-7;;;/h7H,4-5H2,1-3H3;;1H3;/q2*+1;;+1. The minimum Gasteiger partial charge on any atom is -0.391 e. The van der Waals surface area contributed by atoms with Crippen LogP contribution in [0.25, 0.3) is 0 Å². The van der Waals surface area contributed by atoms with Crippen LogP contribution in [0.3, 0.4) is 0 Å². The number of hydrogen-bond donors (Lipinski definition) is 2. The third-order valence-corrected chi connectivity index (χ3v) is 0.771. The van der Waals surface area contributed by atoms with Crippen molar-refractivity contribution in [3.63, 3.8) is 0 Å². The van der Waals surface area contributed by atoms with Gasteiger partial charge in [0.1, 0.15) is 6.54 Å². The summed E-state index contributed by atoms with van der Waals surface area (Å²) in [7, 11) is 6.16. The van der Waals surface area contributed by atoms with E-state index < -0.39 is 0 Å². The van der Waals surface area contributed by atoms with E-state index in [1.165, 1.54) is 0 Å². The summed E-state index contributed by atoms with van der Waals surface area (Å²) in [6.07, 6.45) is 0. The molecule has 0 saturated carbocycles. The van der Waals surface area contributed by atoms with Gasteiger partial charge in [0.25, 0.3) is 0 Å². The van der Waals surface area contributed by atoms with Gasteiger partial charge in [-0.3, -0.25) is 0 Å². The van der Waals surface area contributed by atoms with Crippen LogP contribution < -0.4 is 87.1 Å². The van der Waals surface area contributed by atoms with Crippen LogP contribution in [0.5, 0.6) is 0 Å². The van der Waals surface area contributed by atoms with Crippen LogP contribution in [-0.4, -0.2) is 43.9 Å². The number of aliphatic hydroxyl groups excluding tert-OH is 1. The number of rotatable bonds is 2. The number of nitrogens with zero attached hydrogens (tertiary/aromatic N) is 1. The molecule has 0 unspecified atom stereocenters. The molecule has 0 saturated heterocycles. The van der Waals surface area contributed by atoms with Crippen molar-refractivity contribution < 1.29 is 90.5 Å². The summed E-state index contributed by atoms with van der Waals surface area (Å²) in [6.45, 7) is 1.11. The number of hydrogen-bond acceptors (Lipinski definition) is 2. The van der Waals surface area contributed by atoms with E-state index in [1.807, 2.05) is 0 Å². The van der Waals surface area contributed by atoms with E-state index in [0.717, 1.165) is 11.0 Å². The molecule has 3 nitrogen and oxygen atoms in total. The quantitative estimate of drug-likeness (QED) is 0.331. The first-order valence-electron chi connectivity index (χ1n) is 2.47. The zero-order valence-corrected chi connectivity index (χ0v) is 13.1. The Bertz CT molecular complexity index is 58.1. The molecule has 4 N–H and O–H groups in total. The summed E-state index contributed by atoms with van der Waals surface area (Å²) in [5.41, 5.74) is 0. The Morgan fingerprint density at radius 3 is 1.50 bits per heavy atom. The second-order valence-electron chi connectivity index (χ2n) is 2.74. The van der Waals surface area contributed by atoms with Crippen molar-refractivity contribution in [2.75, 3.05) is 34.3 Å². The van der Waals surface area contributed by atoms with E-state index in [2.05, 4.69) is 21.1 Å². The Kier molecular flexibility index (Phi) is 26.4. The van der Waals surface area contributed by atoms with Gasteiger partial charge in [-0.05, 0) is 0 Å². The van der Waals surface area contributed by atoms with Gasteiger partial charge in [-0.25, -0.2) is 0 Å². The predicted molar refractivity (Wildman–Crippen MR) is 35.0 cm³/mol. The van der Waals surface area contributed by atoms with E-state index in [9.17, 15) is 0 Å². The zero-order chi connectivity index (χ0) is 5.91. The Balaban J connectivity index is -0.0000000600. The normalized spacial score (nSPS) is 8.40. The molecule has 10 heavy (non-hydrogen) atoms. The summed E-state index contributed by atoms with van der Waals surface area (Å²) in [6, 6.07) is 0. The van der Waals surface area contributed by atoms with Gasteiger partial charge in [-0.1, -0.05) is 0 Å². The van der Waals surface area contributed by atoms with Gasteiger partial charge in [-0.15, -0.1) is 0 Å². The Labute approximate surface area is 128 Å². The van der Waals surface area contributed by atoms with Gasteiger partial charge in [0, 0.05) is 0 Å². The monoisotopic (exact) mass is 183 g/mol. The van der Waals surface area contributed by atoms with Crippen LogP contribution in [0.1, 0.15) is 0 Å². The summed E-state index contributed by atoms with van der Waals surface area (Å²) >= 11 is 0. The molecule has 0 aliphatic carbocycles. The molecule has 0 aromatic heterocycles. The Hall–Kier alpha value is 2.52. The number of quaternary nitrogens is 1. The van der Waals surface area contributed by atoms with Crippen molar-refractivity contribution in [2.45, 2.75) is 0 Å². The van der Waals surface area contributed by atoms with E-state index >= 15 is 0 Å². The molecule has 0 amide bonds. The molecule has 5 heteroatoms. The average molecular weight is 183 g/mol. The second kappa shape index (κ2) is 11.5. The molecule has 0 bridgehead atoms. The molecule has 0 radical (unpaired) electrons. The molecular weight excluding hydrogens is 166 g/mol. The van der Waals surface area contributed by atoms with E-state index in [-0.39, 0.29) is 93.7 Å². The van der Waals surface area contributed by atoms with E-state index in [1.54, 1.807) is 0 Å². The summed E-state index contributed by atoms with van der Waals surface area (Å²) in [5.74, 6) is 0. The molecule has 0 rings (SSSR count). The first-order chi connectivity index (χ1) is 3.06. The molecule has 0 aliphatic heterocycles. The van der Waals surface area contributed by atoms with Gasteiger partial charge < -0.3 is 15.7 Å². The van der Waals surface area contributed by atoms with E-state index in [4.69, 9.17) is 5.11 Å². The second-order valence-corrected chi connectivity index (χ2v) is 2.74. The van der Waals surface area contributed by atoms with Crippen molar-refractivity contribution in [3.8, 4) is 0 Å². The molecule has 0 aromatic carbocycles. The topological polar surface area (TPSA) is 55.2 Å². The van der Waals surface area contributed by atoms with Crippen molar-refractivity contribution in [3.05, 3.63) is 0 Å². The van der Waals surface area contributed by atoms with Crippen molar-refractivity contribution in [1.82, 2.24) is 6.15 Å².